The predicted molar refractivity (Wildman–Crippen MR) is 74.1 cm³/mol. The van der Waals surface area contributed by atoms with Crippen molar-refractivity contribution in [2.24, 2.45) is 5.92 Å². The Morgan fingerprint density at radius 1 is 1.21 bits per heavy atom. The van der Waals surface area contributed by atoms with Crippen molar-refractivity contribution >= 4 is 12.0 Å². The van der Waals surface area contributed by atoms with Gasteiger partial charge in [0.05, 0.1) is 0 Å². The fourth-order valence-corrected chi connectivity index (χ4v) is 2.67. The first-order valence-corrected chi connectivity index (χ1v) is 7.34. The van der Waals surface area contributed by atoms with Gasteiger partial charge in [-0.1, -0.05) is 20.3 Å². The number of amides is 2. The van der Waals surface area contributed by atoms with E-state index < -0.39 is 5.97 Å². The monoisotopic (exact) mass is 270 g/mol. The number of carbonyl (C=O) groups excluding carboxylic acids is 1. The Labute approximate surface area is 115 Å². The van der Waals surface area contributed by atoms with Crippen LogP contribution in [0.1, 0.15) is 52.4 Å². The number of carbonyl (C=O) groups is 2. The van der Waals surface area contributed by atoms with Crippen molar-refractivity contribution in [3.63, 3.8) is 0 Å². The molecule has 0 aromatic carbocycles. The highest BCUT2D eigenvalue weighted by molar-refractivity contribution is 5.80. The minimum atomic E-state index is -0.960. The number of carboxylic acid groups (broad SMARTS) is 1. The first-order valence-electron chi connectivity index (χ1n) is 7.34. The van der Waals surface area contributed by atoms with Crippen LogP contribution in [0.3, 0.4) is 0 Å². The summed E-state index contributed by atoms with van der Waals surface area (Å²) in [6, 6.07) is -0.0207. The van der Waals surface area contributed by atoms with E-state index >= 15 is 0 Å². The summed E-state index contributed by atoms with van der Waals surface area (Å²) >= 11 is 0. The van der Waals surface area contributed by atoms with Crippen molar-refractivity contribution < 1.29 is 14.7 Å². The largest absolute Gasteiger partial charge is 0.480 e. The molecule has 0 saturated heterocycles. The first-order chi connectivity index (χ1) is 9.06. The second-order valence-corrected chi connectivity index (χ2v) is 5.39. The Bertz CT molecular complexity index is 299. The molecule has 1 aliphatic rings. The van der Waals surface area contributed by atoms with E-state index in [2.05, 4.69) is 12.2 Å². The van der Waals surface area contributed by atoms with Gasteiger partial charge in [-0.15, -0.1) is 0 Å². The van der Waals surface area contributed by atoms with Crippen molar-refractivity contribution in [1.82, 2.24) is 10.2 Å². The molecule has 1 rings (SSSR count). The summed E-state index contributed by atoms with van der Waals surface area (Å²) in [5.74, 6) is -0.169. The van der Waals surface area contributed by atoms with E-state index in [1.54, 1.807) is 0 Å². The maximum Gasteiger partial charge on any atom is 0.323 e. The van der Waals surface area contributed by atoms with Gasteiger partial charge in [-0.05, 0) is 38.0 Å². The molecule has 19 heavy (non-hydrogen) atoms. The molecule has 0 unspecified atom stereocenters. The van der Waals surface area contributed by atoms with Crippen molar-refractivity contribution in [1.29, 1.82) is 0 Å². The zero-order chi connectivity index (χ0) is 14.3. The van der Waals surface area contributed by atoms with E-state index in [0.717, 1.165) is 38.0 Å². The third kappa shape index (κ3) is 5.49. The van der Waals surface area contributed by atoms with Crippen molar-refractivity contribution in [3.8, 4) is 0 Å². The second-order valence-electron chi connectivity index (χ2n) is 5.39. The summed E-state index contributed by atoms with van der Waals surface area (Å²) in [6.45, 7) is 4.42. The quantitative estimate of drug-likeness (QED) is 0.779. The van der Waals surface area contributed by atoms with Crippen molar-refractivity contribution in [2.45, 2.75) is 58.4 Å². The van der Waals surface area contributed by atoms with E-state index in [1.807, 2.05) is 6.92 Å². The lowest BCUT2D eigenvalue weighted by molar-refractivity contribution is -0.137. The minimum absolute atomic E-state index is 0.212. The molecule has 0 aromatic rings. The van der Waals surface area contributed by atoms with E-state index in [0.29, 0.717) is 6.54 Å². The van der Waals surface area contributed by atoms with Crippen molar-refractivity contribution in [3.05, 3.63) is 0 Å². The molecule has 110 valence electrons. The number of rotatable bonds is 6. The molecule has 1 fully saturated rings. The number of nitrogens with zero attached hydrogens (tertiary/aromatic N) is 1. The van der Waals surface area contributed by atoms with Gasteiger partial charge in [0, 0.05) is 12.6 Å². The maximum absolute atomic E-state index is 12.0. The lowest BCUT2D eigenvalue weighted by atomic mass is 9.84. The lowest BCUT2D eigenvalue weighted by Crippen LogP contribution is -2.47. The third-order valence-electron chi connectivity index (χ3n) is 3.86. The Kier molecular flexibility index (Phi) is 6.67. The van der Waals surface area contributed by atoms with Gasteiger partial charge in [0.2, 0.25) is 0 Å². The zero-order valence-corrected chi connectivity index (χ0v) is 12.0. The van der Waals surface area contributed by atoms with Gasteiger partial charge in [0.1, 0.15) is 6.54 Å². The average molecular weight is 270 g/mol. The van der Waals surface area contributed by atoms with Gasteiger partial charge in [0.15, 0.2) is 0 Å². The molecule has 5 heteroatoms. The molecular weight excluding hydrogens is 244 g/mol. The molecule has 0 heterocycles. The van der Waals surface area contributed by atoms with Gasteiger partial charge in [0.25, 0.3) is 0 Å². The molecule has 2 amide bonds. The van der Waals surface area contributed by atoms with Crippen LogP contribution >= 0.6 is 0 Å². The minimum Gasteiger partial charge on any atom is -0.480 e. The second kappa shape index (κ2) is 8.02. The van der Waals surface area contributed by atoms with Crippen molar-refractivity contribution in [2.75, 3.05) is 13.1 Å². The molecule has 0 bridgehead atoms. The summed E-state index contributed by atoms with van der Waals surface area (Å²) in [5, 5.41) is 11.8. The van der Waals surface area contributed by atoms with Gasteiger partial charge < -0.3 is 15.3 Å². The third-order valence-corrected chi connectivity index (χ3v) is 3.86. The number of hydrogen-bond donors (Lipinski definition) is 2. The summed E-state index contributed by atoms with van der Waals surface area (Å²) in [7, 11) is 0. The van der Waals surface area contributed by atoms with Gasteiger partial charge >= 0.3 is 12.0 Å². The van der Waals surface area contributed by atoms with Crippen LogP contribution in [0.15, 0.2) is 0 Å². The normalized spacial score (nSPS) is 22.8. The van der Waals surface area contributed by atoms with Crippen LogP contribution in [0.5, 0.6) is 0 Å². The Hall–Kier alpha value is -1.26. The SMILES string of the molecule is CCCN(CC(=O)O)C(=O)NC1CCC(CC)CC1. The molecule has 0 aliphatic heterocycles. The number of hydrogen-bond acceptors (Lipinski definition) is 2. The van der Waals surface area contributed by atoms with Crippen LogP contribution in [0.4, 0.5) is 4.79 Å². The summed E-state index contributed by atoms with van der Waals surface area (Å²) < 4.78 is 0. The predicted octanol–water partition coefficient (Wildman–Crippen LogP) is 2.46. The van der Waals surface area contributed by atoms with Crippen LogP contribution < -0.4 is 5.32 Å². The molecule has 0 spiro atoms. The highest BCUT2D eigenvalue weighted by Crippen LogP contribution is 2.26. The van der Waals surface area contributed by atoms with Crippen LogP contribution in [-0.2, 0) is 4.79 Å². The van der Waals surface area contributed by atoms with Gasteiger partial charge in [-0.3, -0.25) is 4.79 Å². The average Bonchev–Trinajstić information content (AvgIpc) is 2.38. The van der Waals surface area contributed by atoms with E-state index in [4.69, 9.17) is 5.11 Å². The van der Waals surface area contributed by atoms with Crippen LogP contribution in [0.25, 0.3) is 0 Å². The lowest BCUT2D eigenvalue weighted by Gasteiger charge is -2.30. The number of urea groups is 1. The highest BCUT2D eigenvalue weighted by Gasteiger charge is 2.23. The standard InChI is InChI=1S/C14H26N2O3/c1-3-9-16(10-13(17)18)14(19)15-12-7-5-11(4-2)6-8-12/h11-12H,3-10H2,1-2H3,(H,15,19)(H,17,18). The van der Waals surface area contributed by atoms with Gasteiger partial charge in [-0.25, -0.2) is 4.79 Å². The first kappa shape index (κ1) is 15.8. The van der Waals surface area contributed by atoms with Crippen LogP contribution in [0.2, 0.25) is 0 Å². The summed E-state index contributed by atoms with van der Waals surface area (Å²) in [6.07, 6.45) is 6.32. The van der Waals surface area contributed by atoms with E-state index in [-0.39, 0.29) is 18.6 Å². The molecule has 1 aliphatic carbocycles. The highest BCUT2D eigenvalue weighted by atomic mass is 16.4. The molecular formula is C14H26N2O3. The molecule has 5 nitrogen and oxygen atoms in total. The molecule has 0 atom stereocenters. The topological polar surface area (TPSA) is 69.6 Å². The maximum atomic E-state index is 12.0. The van der Waals surface area contributed by atoms with E-state index in [1.165, 1.54) is 11.3 Å². The Balaban J connectivity index is 2.41. The smallest absolute Gasteiger partial charge is 0.323 e. The van der Waals surface area contributed by atoms with Crippen LogP contribution in [0, 0.1) is 5.92 Å². The molecule has 0 aromatic heterocycles. The van der Waals surface area contributed by atoms with E-state index in [9.17, 15) is 9.59 Å². The fraction of sp³-hybridized carbons (Fsp3) is 0.857. The molecule has 1 saturated carbocycles. The number of nitrogens with one attached hydrogen (secondary N) is 1. The molecule has 2 N–H and O–H groups in total. The Morgan fingerprint density at radius 2 is 1.84 bits per heavy atom. The fourth-order valence-electron chi connectivity index (χ4n) is 2.67. The molecule has 0 radical (unpaired) electrons. The van der Waals surface area contributed by atoms with Gasteiger partial charge in [-0.2, -0.15) is 0 Å². The zero-order valence-electron chi connectivity index (χ0n) is 12.0. The summed E-state index contributed by atoms with van der Waals surface area (Å²) in [4.78, 5) is 24.2. The number of aliphatic carboxylic acids is 1. The van der Waals surface area contributed by atoms with Crippen LogP contribution in [-0.4, -0.2) is 41.1 Å². The number of carboxylic acids is 1. The Morgan fingerprint density at radius 3 is 2.32 bits per heavy atom. The summed E-state index contributed by atoms with van der Waals surface area (Å²) in [5.41, 5.74) is 0.